The molecular weight excluding hydrogens is 294 g/mol. The maximum atomic E-state index is 11.2. The summed E-state index contributed by atoms with van der Waals surface area (Å²) in [4.78, 5) is 17.5. The summed E-state index contributed by atoms with van der Waals surface area (Å²) in [6.45, 7) is 5.53. The predicted octanol–water partition coefficient (Wildman–Crippen LogP) is 2.52. The van der Waals surface area contributed by atoms with Gasteiger partial charge in [-0.2, -0.15) is 4.98 Å². The van der Waals surface area contributed by atoms with Crippen molar-refractivity contribution in [2.45, 2.75) is 58.5 Å². The van der Waals surface area contributed by atoms with Gasteiger partial charge in [0, 0.05) is 6.42 Å². The van der Waals surface area contributed by atoms with Crippen LogP contribution in [0.2, 0.25) is 0 Å². The Bertz CT molecular complexity index is 450. The van der Waals surface area contributed by atoms with Crippen molar-refractivity contribution in [1.29, 1.82) is 0 Å². The van der Waals surface area contributed by atoms with Gasteiger partial charge in [-0.3, -0.25) is 9.69 Å². The van der Waals surface area contributed by atoms with Crippen molar-refractivity contribution in [2.75, 3.05) is 6.54 Å². The van der Waals surface area contributed by atoms with Crippen molar-refractivity contribution in [2.24, 2.45) is 5.92 Å². The van der Waals surface area contributed by atoms with E-state index in [1.165, 1.54) is 0 Å². The van der Waals surface area contributed by atoms with E-state index in [4.69, 9.17) is 4.52 Å². The molecule has 1 aliphatic rings. The number of rotatable bonds is 6. The number of carboxylic acid groups (broad SMARTS) is 1. The average molecular weight is 318 g/mol. The first kappa shape index (κ1) is 17.9. The van der Waals surface area contributed by atoms with E-state index in [0.717, 1.165) is 38.1 Å². The third-order valence-electron chi connectivity index (χ3n) is 3.69. The van der Waals surface area contributed by atoms with E-state index in [2.05, 4.69) is 24.0 Å². The molecule has 1 saturated heterocycles. The van der Waals surface area contributed by atoms with E-state index in [9.17, 15) is 9.90 Å². The number of hydrogen-bond donors (Lipinski definition) is 1. The fourth-order valence-electron chi connectivity index (χ4n) is 2.51. The van der Waals surface area contributed by atoms with E-state index in [1.807, 2.05) is 4.90 Å². The molecule has 7 heteroatoms. The molecule has 1 atom stereocenters. The van der Waals surface area contributed by atoms with Gasteiger partial charge in [0.15, 0.2) is 5.82 Å². The van der Waals surface area contributed by atoms with Crippen LogP contribution in [0.15, 0.2) is 4.52 Å². The van der Waals surface area contributed by atoms with Gasteiger partial charge in [-0.15, -0.1) is 12.4 Å². The molecule has 0 saturated carbocycles. The van der Waals surface area contributed by atoms with E-state index in [-0.39, 0.29) is 12.4 Å². The van der Waals surface area contributed by atoms with Crippen molar-refractivity contribution in [3.05, 3.63) is 11.7 Å². The van der Waals surface area contributed by atoms with Gasteiger partial charge >= 0.3 is 5.97 Å². The van der Waals surface area contributed by atoms with Crippen LogP contribution >= 0.6 is 12.4 Å². The minimum absolute atomic E-state index is 0. The van der Waals surface area contributed by atoms with Crippen molar-refractivity contribution in [1.82, 2.24) is 15.0 Å². The molecule has 1 aromatic rings. The maximum Gasteiger partial charge on any atom is 0.320 e. The molecule has 2 heterocycles. The first-order chi connectivity index (χ1) is 9.56. The molecule has 1 unspecified atom stereocenters. The third-order valence-corrected chi connectivity index (χ3v) is 3.69. The molecule has 0 amide bonds. The Balaban J connectivity index is 0.00000220. The molecular formula is C14H24ClN3O3. The Kier molecular flexibility index (Phi) is 7.11. The van der Waals surface area contributed by atoms with Gasteiger partial charge in [-0.05, 0) is 31.7 Å². The maximum absolute atomic E-state index is 11.2. The van der Waals surface area contributed by atoms with Crippen molar-refractivity contribution < 1.29 is 14.4 Å². The second-order valence-corrected chi connectivity index (χ2v) is 5.86. The number of aromatic nitrogens is 2. The highest BCUT2D eigenvalue weighted by Crippen LogP contribution is 2.19. The quantitative estimate of drug-likeness (QED) is 0.868. The molecule has 0 aliphatic carbocycles. The molecule has 1 aliphatic heterocycles. The number of hydrogen-bond acceptors (Lipinski definition) is 5. The second-order valence-electron chi connectivity index (χ2n) is 5.86. The lowest BCUT2D eigenvalue weighted by atomic mass is 10.0. The number of aliphatic carboxylic acids is 1. The third kappa shape index (κ3) is 5.28. The molecule has 21 heavy (non-hydrogen) atoms. The van der Waals surface area contributed by atoms with Crippen LogP contribution < -0.4 is 0 Å². The smallest absolute Gasteiger partial charge is 0.320 e. The van der Waals surface area contributed by atoms with Gasteiger partial charge in [-0.25, -0.2) is 0 Å². The molecule has 2 rings (SSSR count). The van der Waals surface area contributed by atoms with Crippen LogP contribution in [0.1, 0.15) is 51.2 Å². The number of aryl methyl sites for hydroxylation is 1. The van der Waals surface area contributed by atoms with Crippen LogP contribution in [0.4, 0.5) is 0 Å². The van der Waals surface area contributed by atoms with Gasteiger partial charge in [-0.1, -0.05) is 25.4 Å². The topological polar surface area (TPSA) is 79.5 Å². The van der Waals surface area contributed by atoms with E-state index >= 15 is 0 Å². The fraction of sp³-hybridized carbons (Fsp3) is 0.786. The minimum atomic E-state index is -0.760. The van der Waals surface area contributed by atoms with E-state index in [1.54, 1.807) is 0 Å². The van der Waals surface area contributed by atoms with E-state index in [0.29, 0.717) is 24.8 Å². The van der Waals surface area contributed by atoms with Crippen LogP contribution in [0.3, 0.4) is 0 Å². The number of nitrogens with zero attached hydrogens (tertiary/aromatic N) is 3. The van der Waals surface area contributed by atoms with Gasteiger partial charge in [0.05, 0.1) is 6.54 Å². The lowest BCUT2D eigenvalue weighted by Crippen LogP contribution is -2.44. The molecule has 0 radical (unpaired) electrons. The zero-order valence-corrected chi connectivity index (χ0v) is 13.4. The summed E-state index contributed by atoms with van der Waals surface area (Å²) in [6, 6.07) is -0.422. The number of likely N-dealkylation sites (tertiary alicyclic amines) is 1. The summed E-state index contributed by atoms with van der Waals surface area (Å²) in [5, 5.41) is 13.2. The van der Waals surface area contributed by atoms with Crippen molar-refractivity contribution in [3.63, 3.8) is 0 Å². The summed E-state index contributed by atoms with van der Waals surface area (Å²) in [6.07, 6.45) is 4.53. The summed E-state index contributed by atoms with van der Waals surface area (Å²) in [7, 11) is 0. The minimum Gasteiger partial charge on any atom is -0.480 e. The standard InChI is InChI=1S/C14H23N3O3.ClH/c1-10(2)6-7-12-15-13(20-16-12)9-17-8-4-3-5-11(17)14(18)19;/h10-11H,3-9H2,1-2H3,(H,18,19);1H. The number of carboxylic acids is 1. The number of carbonyl (C=O) groups is 1. The van der Waals surface area contributed by atoms with Crippen LogP contribution in [0.5, 0.6) is 0 Å². The Morgan fingerprint density at radius 3 is 2.90 bits per heavy atom. The van der Waals surface area contributed by atoms with Gasteiger partial charge in [0.1, 0.15) is 6.04 Å². The summed E-state index contributed by atoms with van der Waals surface area (Å²) in [5.74, 6) is 1.09. The zero-order chi connectivity index (χ0) is 14.5. The van der Waals surface area contributed by atoms with E-state index < -0.39 is 12.0 Å². The monoisotopic (exact) mass is 317 g/mol. The Hall–Kier alpha value is -1.14. The molecule has 6 nitrogen and oxygen atoms in total. The molecule has 120 valence electrons. The molecule has 0 spiro atoms. The Labute approximate surface area is 131 Å². The van der Waals surface area contributed by atoms with Crippen LogP contribution in [-0.2, 0) is 17.8 Å². The summed E-state index contributed by atoms with van der Waals surface area (Å²) >= 11 is 0. The molecule has 1 N–H and O–H groups in total. The number of halogens is 1. The average Bonchev–Trinajstić information content (AvgIpc) is 2.84. The highest BCUT2D eigenvalue weighted by molar-refractivity contribution is 5.85. The van der Waals surface area contributed by atoms with Crippen molar-refractivity contribution in [3.8, 4) is 0 Å². The molecule has 1 aromatic heterocycles. The molecule has 0 aromatic carbocycles. The van der Waals surface area contributed by atoms with Crippen LogP contribution in [-0.4, -0.2) is 38.7 Å². The summed E-state index contributed by atoms with van der Waals surface area (Å²) in [5.41, 5.74) is 0. The number of piperidine rings is 1. The highest BCUT2D eigenvalue weighted by Gasteiger charge is 2.29. The van der Waals surface area contributed by atoms with Gasteiger partial charge in [0.25, 0.3) is 0 Å². The Morgan fingerprint density at radius 2 is 2.24 bits per heavy atom. The molecule has 1 fully saturated rings. The van der Waals surface area contributed by atoms with Gasteiger partial charge in [0.2, 0.25) is 5.89 Å². The summed E-state index contributed by atoms with van der Waals surface area (Å²) < 4.78 is 5.23. The SMILES string of the molecule is CC(C)CCc1noc(CN2CCCCC2C(=O)O)n1.Cl. The first-order valence-electron chi connectivity index (χ1n) is 7.34. The lowest BCUT2D eigenvalue weighted by molar-refractivity contribution is -0.145. The zero-order valence-electron chi connectivity index (χ0n) is 12.6. The predicted molar refractivity (Wildman–Crippen MR) is 80.4 cm³/mol. The molecule has 0 bridgehead atoms. The van der Waals surface area contributed by atoms with Crippen molar-refractivity contribution >= 4 is 18.4 Å². The largest absolute Gasteiger partial charge is 0.480 e. The lowest BCUT2D eigenvalue weighted by Gasteiger charge is -2.31. The normalized spacial score (nSPS) is 19.5. The van der Waals surface area contributed by atoms with Crippen LogP contribution in [0.25, 0.3) is 0 Å². The first-order valence-corrected chi connectivity index (χ1v) is 7.34. The Morgan fingerprint density at radius 1 is 1.48 bits per heavy atom. The second kappa shape index (κ2) is 8.34. The van der Waals surface area contributed by atoms with Gasteiger partial charge < -0.3 is 9.63 Å². The highest BCUT2D eigenvalue weighted by atomic mass is 35.5. The van der Waals surface area contributed by atoms with Crippen LogP contribution in [0, 0.1) is 5.92 Å². The fourth-order valence-corrected chi connectivity index (χ4v) is 2.51.